The molecule has 0 radical (unpaired) electrons. The van der Waals surface area contributed by atoms with Gasteiger partial charge in [-0.1, -0.05) is 11.6 Å². The van der Waals surface area contributed by atoms with E-state index in [0.717, 1.165) is 0 Å². The van der Waals surface area contributed by atoms with Gasteiger partial charge in [0.25, 0.3) is 0 Å². The van der Waals surface area contributed by atoms with Gasteiger partial charge in [-0.2, -0.15) is 0 Å². The van der Waals surface area contributed by atoms with E-state index < -0.39 is 5.82 Å². The van der Waals surface area contributed by atoms with Gasteiger partial charge in [-0.05, 0) is 13.0 Å². The predicted molar refractivity (Wildman–Crippen MR) is 48.0 cm³/mol. The molecule has 1 aromatic rings. The maximum absolute atomic E-state index is 13.2. The van der Waals surface area contributed by atoms with E-state index in [1.54, 1.807) is 6.92 Å². The topological polar surface area (TPSA) is 26.3 Å². The Morgan fingerprint density at radius 1 is 1.62 bits per heavy atom. The smallest absolute Gasteiger partial charge is 0.175 e. The van der Waals surface area contributed by atoms with Crippen LogP contribution in [0.1, 0.15) is 17.3 Å². The monoisotopic (exact) mass is 202 g/mol. The van der Waals surface area contributed by atoms with Gasteiger partial charge in [0.05, 0.1) is 12.2 Å². The molecule has 1 aromatic carbocycles. The Bertz CT molecular complexity index is 326. The average molecular weight is 203 g/mol. The molecule has 0 atom stereocenters. The highest BCUT2D eigenvalue weighted by Crippen LogP contribution is 2.24. The van der Waals surface area contributed by atoms with Gasteiger partial charge in [0, 0.05) is 11.1 Å². The van der Waals surface area contributed by atoms with Crippen LogP contribution in [0.5, 0.6) is 5.75 Å². The zero-order valence-electron chi connectivity index (χ0n) is 7.01. The largest absolute Gasteiger partial charge is 0.491 e. The molecule has 0 saturated heterocycles. The highest BCUT2D eigenvalue weighted by molar-refractivity contribution is 6.31. The first kappa shape index (κ1) is 9.99. The van der Waals surface area contributed by atoms with Crippen LogP contribution in [-0.2, 0) is 0 Å². The van der Waals surface area contributed by atoms with Gasteiger partial charge in [0.15, 0.2) is 17.9 Å². The first-order chi connectivity index (χ1) is 6.19. The van der Waals surface area contributed by atoms with Crippen LogP contribution in [0.3, 0.4) is 0 Å². The second-order valence-corrected chi connectivity index (χ2v) is 2.79. The molecule has 0 bridgehead atoms. The van der Waals surface area contributed by atoms with Crippen molar-refractivity contribution in [2.75, 3.05) is 6.61 Å². The number of rotatable bonds is 3. The Morgan fingerprint density at radius 3 is 2.85 bits per heavy atom. The van der Waals surface area contributed by atoms with Crippen molar-refractivity contribution < 1.29 is 13.9 Å². The Hall–Kier alpha value is -1.09. The number of hydrogen-bond donors (Lipinski definition) is 0. The highest BCUT2D eigenvalue weighted by atomic mass is 35.5. The van der Waals surface area contributed by atoms with Crippen molar-refractivity contribution >= 4 is 17.9 Å². The predicted octanol–water partition coefficient (Wildman–Crippen LogP) is 2.69. The summed E-state index contributed by atoms with van der Waals surface area (Å²) < 4.78 is 18.2. The summed E-state index contributed by atoms with van der Waals surface area (Å²) in [5.74, 6) is -0.654. The van der Waals surface area contributed by atoms with Crippen LogP contribution < -0.4 is 4.74 Å². The van der Waals surface area contributed by atoms with Crippen molar-refractivity contribution in [3.63, 3.8) is 0 Å². The SMILES string of the molecule is CCOc1cc(Cl)cc(C=O)c1F. The van der Waals surface area contributed by atoms with Crippen molar-refractivity contribution in [3.8, 4) is 5.75 Å². The van der Waals surface area contributed by atoms with Crippen molar-refractivity contribution in [2.24, 2.45) is 0 Å². The van der Waals surface area contributed by atoms with Gasteiger partial charge in [-0.15, -0.1) is 0 Å². The number of halogens is 2. The highest BCUT2D eigenvalue weighted by Gasteiger charge is 2.10. The second kappa shape index (κ2) is 4.23. The van der Waals surface area contributed by atoms with Crippen LogP contribution in [0, 0.1) is 5.82 Å². The van der Waals surface area contributed by atoms with E-state index in [0.29, 0.717) is 12.9 Å². The molecule has 1 rings (SSSR count). The summed E-state index contributed by atoms with van der Waals surface area (Å²) in [5.41, 5.74) is -0.0871. The lowest BCUT2D eigenvalue weighted by Gasteiger charge is -2.06. The van der Waals surface area contributed by atoms with Crippen LogP contribution in [0.15, 0.2) is 12.1 Å². The van der Waals surface area contributed by atoms with Crippen molar-refractivity contribution in [1.82, 2.24) is 0 Å². The maximum Gasteiger partial charge on any atom is 0.175 e. The second-order valence-electron chi connectivity index (χ2n) is 2.36. The third kappa shape index (κ3) is 2.18. The van der Waals surface area contributed by atoms with E-state index in [9.17, 15) is 9.18 Å². The van der Waals surface area contributed by atoms with E-state index in [1.165, 1.54) is 12.1 Å². The van der Waals surface area contributed by atoms with Crippen molar-refractivity contribution in [1.29, 1.82) is 0 Å². The number of hydrogen-bond acceptors (Lipinski definition) is 2. The van der Waals surface area contributed by atoms with Crippen LogP contribution in [0.25, 0.3) is 0 Å². The lowest BCUT2D eigenvalue weighted by Crippen LogP contribution is -1.97. The quantitative estimate of drug-likeness (QED) is 0.705. The molecule has 0 fully saturated rings. The van der Waals surface area contributed by atoms with Gasteiger partial charge in [0.2, 0.25) is 0 Å². The summed E-state index contributed by atoms with van der Waals surface area (Å²) in [4.78, 5) is 10.4. The standard InChI is InChI=1S/C9H8ClFO2/c1-2-13-8-4-7(10)3-6(5-12)9(8)11/h3-5H,2H2,1H3. The summed E-state index contributed by atoms with van der Waals surface area (Å²) >= 11 is 5.63. The number of benzene rings is 1. The number of aldehydes is 1. The van der Waals surface area contributed by atoms with Gasteiger partial charge >= 0.3 is 0 Å². The first-order valence-corrected chi connectivity index (χ1v) is 4.13. The van der Waals surface area contributed by atoms with Gasteiger partial charge in [0.1, 0.15) is 0 Å². The Kier molecular flexibility index (Phi) is 3.25. The van der Waals surface area contributed by atoms with Crippen molar-refractivity contribution in [2.45, 2.75) is 6.92 Å². The molecule has 0 aliphatic heterocycles. The van der Waals surface area contributed by atoms with E-state index in [2.05, 4.69) is 0 Å². The molecular weight excluding hydrogens is 195 g/mol. The summed E-state index contributed by atoms with van der Waals surface area (Å²) in [6.45, 7) is 2.05. The Labute approximate surface area is 80.3 Å². The lowest BCUT2D eigenvalue weighted by atomic mass is 10.2. The fraction of sp³-hybridized carbons (Fsp3) is 0.222. The molecule has 0 spiro atoms. The number of ether oxygens (including phenoxy) is 1. The normalized spacial score (nSPS) is 9.77. The van der Waals surface area contributed by atoms with Crippen LogP contribution in [0.2, 0.25) is 5.02 Å². The molecule has 0 heterocycles. The summed E-state index contributed by atoms with van der Waals surface area (Å²) in [6.07, 6.45) is 0.406. The van der Waals surface area contributed by atoms with E-state index in [1.807, 2.05) is 0 Å². The van der Waals surface area contributed by atoms with Crippen LogP contribution in [0.4, 0.5) is 4.39 Å². The molecule has 0 aliphatic carbocycles. The molecule has 0 unspecified atom stereocenters. The molecule has 13 heavy (non-hydrogen) atoms. The molecule has 70 valence electrons. The molecule has 0 N–H and O–H groups in total. The molecule has 4 heteroatoms. The number of carbonyl (C=O) groups excluding carboxylic acids is 1. The average Bonchev–Trinajstić information content (AvgIpc) is 2.11. The van der Waals surface area contributed by atoms with Crippen LogP contribution >= 0.6 is 11.6 Å². The van der Waals surface area contributed by atoms with Crippen LogP contribution in [-0.4, -0.2) is 12.9 Å². The molecule has 0 saturated carbocycles. The molecule has 0 amide bonds. The summed E-state index contributed by atoms with van der Waals surface area (Å²) in [5, 5.41) is 0.284. The van der Waals surface area contributed by atoms with E-state index in [-0.39, 0.29) is 16.3 Å². The third-order valence-electron chi connectivity index (χ3n) is 1.46. The number of carbonyl (C=O) groups is 1. The molecule has 2 nitrogen and oxygen atoms in total. The molecule has 0 aromatic heterocycles. The fourth-order valence-electron chi connectivity index (χ4n) is 0.931. The zero-order valence-corrected chi connectivity index (χ0v) is 7.77. The molecular formula is C9H8ClFO2. The van der Waals surface area contributed by atoms with E-state index >= 15 is 0 Å². The Balaban J connectivity index is 3.18. The Morgan fingerprint density at radius 2 is 2.31 bits per heavy atom. The van der Waals surface area contributed by atoms with E-state index in [4.69, 9.17) is 16.3 Å². The molecule has 0 aliphatic rings. The minimum absolute atomic E-state index is 0.0112. The lowest BCUT2D eigenvalue weighted by molar-refractivity contribution is 0.111. The van der Waals surface area contributed by atoms with Gasteiger partial charge in [-0.3, -0.25) is 4.79 Å². The first-order valence-electron chi connectivity index (χ1n) is 3.76. The van der Waals surface area contributed by atoms with Gasteiger partial charge in [-0.25, -0.2) is 4.39 Å². The third-order valence-corrected chi connectivity index (χ3v) is 1.68. The summed E-state index contributed by atoms with van der Waals surface area (Å²) in [6, 6.07) is 2.60. The summed E-state index contributed by atoms with van der Waals surface area (Å²) in [7, 11) is 0. The minimum atomic E-state index is -0.666. The fourth-order valence-corrected chi connectivity index (χ4v) is 1.15. The van der Waals surface area contributed by atoms with Crippen molar-refractivity contribution in [3.05, 3.63) is 28.5 Å². The maximum atomic E-state index is 13.2. The van der Waals surface area contributed by atoms with Gasteiger partial charge < -0.3 is 4.74 Å². The zero-order chi connectivity index (χ0) is 9.84. The minimum Gasteiger partial charge on any atom is -0.491 e.